The lowest BCUT2D eigenvalue weighted by Crippen LogP contribution is -2.39. The standard InChI is InChI=1S/C36H37N3O7S/c1-39(22-32(42)27-7-3-11-30(41)19-27)21-31-20-33(25-15-13-24(23-40)14-16-25)46-36(45-31)28-8-2-10-29(18-28)38-47(43,44)34-12-4-6-26-9-5-17-37-35(26)34/h2-19,31-33,36,38,40-42H,20-23H2,1H3/t31-,32+,33+,36?/m0/s1. The van der Waals surface area contributed by atoms with Crippen LogP contribution in [0.4, 0.5) is 5.69 Å². The normalized spacial score (nSPS) is 19.1. The maximum Gasteiger partial charge on any atom is 0.264 e. The Hall–Kier alpha value is -4.36. The van der Waals surface area contributed by atoms with Crippen LogP contribution in [0, 0.1) is 0 Å². The number of ether oxygens (including phenoxy) is 2. The van der Waals surface area contributed by atoms with Gasteiger partial charge in [0.05, 0.1) is 30.4 Å². The molecular formula is C36H37N3O7S. The monoisotopic (exact) mass is 655 g/mol. The van der Waals surface area contributed by atoms with E-state index in [1.54, 1.807) is 60.8 Å². The topological polar surface area (TPSA) is 141 Å². The van der Waals surface area contributed by atoms with E-state index in [9.17, 15) is 23.7 Å². The van der Waals surface area contributed by atoms with Crippen LogP contribution in [0.25, 0.3) is 10.9 Å². The lowest BCUT2D eigenvalue weighted by molar-refractivity contribution is -0.252. The smallest absolute Gasteiger partial charge is 0.264 e. The first-order chi connectivity index (χ1) is 22.7. The summed E-state index contributed by atoms with van der Waals surface area (Å²) in [5, 5.41) is 30.9. The predicted molar refractivity (Wildman–Crippen MR) is 178 cm³/mol. The third-order valence-corrected chi connectivity index (χ3v) is 9.58. The molecule has 0 spiro atoms. The van der Waals surface area contributed by atoms with E-state index >= 15 is 0 Å². The Balaban J connectivity index is 1.23. The van der Waals surface area contributed by atoms with E-state index in [-0.39, 0.29) is 29.5 Å². The number of nitrogens with zero attached hydrogens (tertiary/aromatic N) is 2. The molecule has 47 heavy (non-hydrogen) atoms. The Morgan fingerprint density at radius 3 is 2.49 bits per heavy atom. The molecule has 1 aromatic heterocycles. The molecule has 1 saturated heterocycles. The van der Waals surface area contributed by atoms with Gasteiger partial charge in [-0.05, 0) is 60.1 Å². The van der Waals surface area contributed by atoms with Gasteiger partial charge in [-0.25, -0.2) is 8.42 Å². The average molecular weight is 656 g/mol. The molecule has 11 heteroatoms. The highest BCUT2D eigenvalue weighted by Gasteiger charge is 2.33. The number of hydrogen-bond donors (Lipinski definition) is 4. The number of aromatic hydroxyl groups is 1. The Morgan fingerprint density at radius 1 is 0.936 bits per heavy atom. The van der Waals surface area contributed by atoms with Crippen molar-refractivity contribution in [3.05, 3.63) is 132 Å². The molecule has 6 rings (SSSR count). The number of sulfonamides is 1. The average Bonchev–Trinajstić information content (AvgIpc) is 3.07. The molecule has 1 fully saturated rings. The fourth-order valence-electron chi connectivity index (χ4n) is 5.84. The fraction of sp³-hybridized carbons (Fsp3) is 0.250. The molecule has 0 saturated carbocycles. The lowest BCUT2D eigenvalue weighted by atomic mass is 9.99. The molecule has 1 unspecified atom stereocenters. The molecule has 0 bridgehead atoms. The van der Waals surface area contributed by atoms with E-state index < -0.39 is 22.4 Å². The van der Waals surface area contributed by atoms with Crippen LogP contribution in [-0.4, -0.2) is 59.9 Å². The van der Waals surface area contributed by atoms with Gasteiger partial charge in [0.2, 0.25) is 0 Å². The minimum Gasteiger partial charge on any atom is -0.508 e. The molecule has 2 heterocycles. The van der Waals surface area contributed by atoms with Crippen molar-refractivity contribution in [1.29, 1.82) is 0 Å². The first-order valence-electron chi connectivity index (χ1n) is 15.3. The maximum atomic E-state index is 13.5. The largest absolute Gasteiger partial charge is 0.508 e. The second-order valence-corrected chi connectivity index (χ2v) is 13.4. The zero-order valence-electron chi connectivity index (χ0n) is 25.8. The summed E-state index contributed by atoms with van der Waals surface area (Å²) in [5.41, 5.74) is 3.68. The zero-order chi connectivity index (χ0) is 33.0. The number of hydrogen-bond acceptors (Lipinski definition) is 9. The summed E-state index contributed by atoms with van der Waals surface area (Å²) in [4.78, 5) is 6.34. The van der Waals surface area contributed by atoms with Gasteiger partial charge in [-0.3, -0.25) is 9.71 Å². The van der Waals surface area contributed by atoms with Gasteiger partial charge >= 0.3 is 0 Å². The molecule has 4 aromatic carbocycles. The number of pyridine rings is 1. The van der Waals surface area contributed by atoms with Crippen LogP contribution in [-0.2, 0) is 26.1 Å². The molecule has 0 radical (unpaired) electrons. The molecule has 0 amide bonds. The molecular weight excluding hydrogens is 618 g/mol. The number of para-hydroxylation sites is 1. The summed E-state index contributed by atoms with van der Waals surface area (Å²) in [6, 6.07) is 29.7. The Kier molecular flexibility index (Phi) is 9.83. The van der Waals surface area contributed by atoms with E-state index in [0.29, 0.717) is 41.8 Å². The van der Waals surface area contributed by atoms with Crippen molar-refractivity contribution in [2.24, 2.45) is 0 Å². The number of phenols is 1. The molecule has 1 aliphatic rings. The van der Waals surface area contributed by atoms with Gasteiger partial charge in [0, 0.05) is 42.3 Å². The van der Waals surface area contributed by atoms with Gasteiger partial charge < -0.3 is 29.7 Å². The van der Waals surface area contributed by atoms with Crippen LogP contribution in [0.15, 0.2) is 114 Å². The molecule has 10 nitrogen and oxygen atoms in total. The van der Waals surface area contributed by atoms with E-state index in [1.807, 2.05) is 54.4 Å². The van der Waals surface area contributed by atoms with Crippen molar-refractivity contribution in [2.45, 2.75) is 42.5 Å². The van der Waals surface area contributed by atoms with Crippen LogP contribution in [0.1, 0.15) is 47.2 Å². The van der Waals surface area contributed by atoms with Gasteiger partial charge in [-0.1, -0.05) is 66.7 Å². The number of fused-ring (bicyclic) bond motifs is 1. The SMILES string of the molecule is CN(C[C@@H]1C[C@H](c2ccc(CO)cc2)OC(c2cccc(NS(=O)(=O)c3cccc4cccnc34)c2)O1)C[C@@H](O)c1cccc(O)c1. The summed E-state index contributed by atoms with van der Waals surface area (Å²) in [7, 11) is -2.08. The minimum absolute atomic E-state index is 0.0655. The van der Waals surface area contributed by atoms with Crippen molar-refractivity contribution in [2.75, 3.05) is 24.9 Å². The quantitative estimate of drug-likeness (QED) is 0.146. The first kappa shape index (κ1) is 32.6. The molecule has 0 aliphatic carbocycles. The molecule has 4 N–H and O–H groups in total. The van der Waals surface area contributed by atoms with Crippen LogP contribution < -0.4 is 4.72 Å². The fourth-order valence-corrected chi connectivity index (χ4v) is 7.07. The number of likely N-dealkylation sites (N-methyl/N-ethyl adjacent to an activating group) is 1. The number of rotatable bonds is 11. The molecule has 4 atom stereocenters. The number of benzene rings is 4. The molecule has 5 aromatic rings. The Morgan fingerprint density at radius 2 is 1.70 bits per heavy atom. The number of aromatic nitrogens is 1. The van der Waals surface area contributed by atoms with E-state index in [1.165, 1.54) is 6.07 Å². The second kappa shape index (κ2) is 14.2. The zero-order valence-corrected chi connectivity index (χ0v) is 26.6. The highest BCUT2D eigenvalue weighted by atomic mass is 32.2. The van der Waals surface area contributed by atoms with Crippen molar-refractivity contribution in [3.63, 3.8) is 0 Å². The van der Waals surface area contributed by atoms with E-state index in [2.05, 4.69) is 9.71 Å². The van der Waals surface area contributed by atoms with Crippen LogP contribution in [0.2, 0.25) is 0 Å². The van der Waals surface area contributed by atoms with E-state index in [0.717, 1.165) is 16.5 Å². The summed E-state index contributed by atoms with van der Waals surface area (Å²) in [5.74, 6) is 0.0909. The number of aliphatic hydroxyl groups excluding tert-OH is 2. The Bertz CT molecular complexity index is 1930. The van der Waals surface area contributed by atoms with Gasteiger partial charge in [0.1, 0.15) is 10.6 Å². The maximum absolute atomic E-state index is 13.5. The first-order valence-corrected chi connectivity index (χ1v) is 16.8. The lowest BCUT2D eigenvalue weighted by Gasteiger charge is -2.38. The summed E-state index contributed by atoms with van der Waals surface area (Å²) in [6.07, 6.45) is -0.190. The van der Waals surface area contributed by atoms with Gasteiger partial charge in [0.25, 0.3) is 10.0 Å². The second-order valence-electron chi connectivity index (χ2n) is 11.7. The minimum atomic E-state index is -3.97. The van der Waals surface area contributed by atoms with Crippen molar-refractivity contribution < 1.29 is 33.2 Å². The molecule has 1 aliphatic heterocycles. The van der Waals surface area contributed by atoms with Crippen LogP contribution >= 0.6 is 0 Å². The Labute approximate surface area is 273 Å². The number of nitrogens with one attached hydrogen (secondary N) is 1. The summed E-state index contributed by atoms with van der Waals surface area (Å²) >= 11 is 0. The van der Waals surface area contributed by atoms with Crippen LogP contribution in [0.5, 0.6) is 5.75 Å². The number of anilines is 1. The third-order valence-electron chi connectivity index (χ3n) is 8.17. The number of phenolic OH excluding ortho intramolecular Hbond substituents is 1. The van der Waals surface area contributed by atoms with E-state index in [4.69, 9.17) is 9.47 Å². The highest BCUT2D eigenvalue weighted by Crippen LogP contribution is 2.39. The van der Waals surface area contributed by atoms with Crippen molar-refractivity contribution >= 4 is 26.6 Å². The van der Waals surface area contributed by atoms with Gasteiger partial charge in [0.15, 0.2) is 6.29 Å². The van der Waals surface area contributed by atoms with Gasteiger partial charge in [-0.2, -0.15) is 0 Å². The predicted octanol–water partition coefficient (Wildman–Crippen LogP) is 5.44. The summed E-state index contributed by atoms with van der Waals surface area (Å²) in [6.45, 7) is 0.719. The van der Waals surface area contributed by atoms with Crippen molar-refractivity contribution in [3.8, 4) is 5.75 Å². The van der Waals surface area contributed by atoms with Crippen LogP contribution in [0.3, 0.4) is 0 Å². The third kappa shape index (κ3) is 7.79. The highest BCUT2D eigenvalue weighted by molar-refractivity contribution is 7.93. The number of aliphatic hydroxyl groups is 2. The molecule has 244 valence electrons. The summed E-state index contributed by atoms with van der Waals surface area (Å²) < 4.78 is 42.6. The van der Waals surface area contributed by atoms with Crippen molar-refractivity contribution in [1.82, 2.24) is 9.88 Å². The van der Waals surface area contributed by atoms with Gasteiger partial charge in [-0.15, -0.1) is 0 Å².